The van der Waals surface area contributed by atoms with Crippen LogP contribution in [0.4, 0.5) is 4.39 Å². The molecule has 17 heavy (non-hydrogen) atoms. The maximum Gasteiger partial charge on any atom is 0.246 e. The Hall–Kier alpha value is -1.68. The van der Waals surface area contributed by atoms with Gasteiger partial charge in [-0.1, -0.05) is 12.1 Å². The van der Waals surface area contributed by atoms with Gasteiger partial charge in [0.25, 0.3) is 0 Å². The minimum atomic E-state index is -0.290. The third-order valence-corrected chi connectivity index (χ3v) is 2.70. The third kappa shape index (κ3) is 3.39. The van der Waals surface area contributed by atoms with Gasteiger partial charge >= 0.3 is 0 Å². The van der Waals surface area contributed by atoms with Crippen molar-refractivity contribution in [2.24, 2.45) is 0 Å². The summed E-state index contributed by atoms with van der Waals surface area (Å²) in [6, 6.07) is 6.19. The molecule has 0 bridgehead atoms. The molecule has 1 N–H and O–H groups in total. The van der Waals surface area contributed by atoms with Crippen molar-refractivity contribution in [3.63, 3.8) is 0 Å². The molecule has 1 aliphatic rings. The van der Waals surface area contributed by atoms with E-state index in [1.807, 2.05) is 0 Å². The van der Waals surface area contributed by atoms with Crippen molar-refractivity contribution in [2.45, 2.75) is 0 Å². The lowest BCUT2D eigenvalue weighted by atomic mass is 10.2. The highest BCUT2D eigenvalue weighted by Crippen LogP contribution is 2.06. The minimum absolute atomic E-state index is 0.0178. The van der Waals surface area contributed by atoms with E-state index >= 15 is 0 Å². The summed E-state index contributed by atoms with van der Waals surface area (Å²) in [4.78, 5) is 13.6. The number of hydrogen-bond acceptors (Lipinski definition) is 2. The topological polar surface area (TPSA) is 32.3 Å². The molecule has 0 saturated carbocycles. The summed E-state index contributed by atoms with van der Waals surface area (Å²) in [7, 11) is 0. The standard InChI is InChI=1S/C13H15FN2O/c14-12-3-1-2-11(10-12)4-5-13(17)16-8-6-15-7-9-16/h1-5,10,15H,6-9H2/b5-4+. The van der Waals surface area contributed by atoms with Crippen LogP contribution in [0.1, 0.15) is 5.56 Å². The SMILES string of the molecule is O=C(/C=C/c1cccc(F)c1)N1CCNCC1. The van der Waals surface area contributed by atoms with E-state index in [4.69, 9.17) is 0 Å². The molecule has 1 amide bonds. The molecule has 0 aliphatic carbocycles. The number of nitrogens with one attached hydrogen (secondary N) is 1. The van der Waals surface area contributed by atoms with Crippen molar-refractivity contribution in [2.75, 3.05) is 26.2 Å². The average molecular weight is 234 g/mol. The zero-order chi connectivity index (χ0) is 12.1. The Morgan fingerprint density at radius 2 is 2.12 bits per heavy atom. The number of nitrogens with zero attached hydrogens (tertiary/aromatic N) is 1. The fraction of sp³-hybridized carbons (Fsp3) is 0.308. The molecule has 1 fully saturated rings. The molecule has 90 valence electrons. The van der Waals surface area contributed by atoms with Gasteiger partial charge in [-0.3, -0.25) is 4.79 Å². The smallest absolute Gasteiger partial charge is 0.246 e. The van der Waals surface area contributed by atoms with Crippen molar-refractivity contribution in [3.8, 4) is 0 Å². The Morgan fingerprint density at radius 3 is 2.82 bits per heavy atom. The lowest BCUT2D eigenvalue weighted by Crippen LogP contribution is -2.45. The number of halogens is 1. The Morgan fingerprint density at radius 1 is 1.35 bits per heavy atom. The lowest BCUT2D eigenvalue weighted by Gasteiger charge is -2.26. The van der Waals surface area contributed by atoms with E-state index in [-0.39, 0.29) is 11.7 Å². The summed E-state index contributed by atoms with van der Waals surface area (Å²) >= 11 is 0. The van der Waals surface area contributed by atoms with E-state index in [2.05, 4.69) is 5.32 Å². The molecule has 1 aliphatic heterocycles. The fourth-order valence-corrected chi connectivity index (χ4v) is 1.77. The zero-order valence-electron chi connectivity index (χ0n) is 9.53. The van der Waals surface area contributed by atoms with Crippen LogP contribution in [-0.2, 0) is 4.79 Å². The molecular weight excluding hydrogens is 219 g/mol. The van der Waals surface area contributed by atoms with Gasteiger partial charge < -0.3 is 10.2 Å². The Labute approximate surface area is 99.9 Å². The van der Waals surface area contributed by atoms with Crippen LogP contribution in [0.3, 0.4) is 0 Å². The van der Waals surface area contributed by atoms with E-state index in [0.29, 0.717) is 5.56 Å². The van der Waals surface area contributed by atoms with Gasteiger partial charge in [0.1, 0.15) is 5.82 Å². The monoisotopic (exact) mass is 234 g/mol. The molecule has 1 aromatic carbocycles. The summed E-state index contributed by atoms with van der Waals surface area (Å²) in [5, 5.41) is 3.18. The molecule has 0 spiro atoms. The summed E-state index contributed by atoms with van der Waals surface area (Å²) in [6.45, 7) is 3.12. The number of carbonyl (C=O) groups is 1. The van der Waals surface area contributed by atoms with E-state index < -0.39 is 0 Å². The highest BCUT2D eigenvalue weighted by molar-refractivity contribution is 5.91. The van der Waals surface area contributed by atoms with Gasteiger partial charge in [-0.25, -0.2) is 4.39 Å². The number of benzene rings is 1. The second kappa shape index (κ2) is 5.59. The summed E-state index contributed by atoms with van der Waals surface area (Å²) < 4.78 is 12.9. The van der Waals surface area contributed by atoms with Crippen LogP contribution in [0.2, 0.25) is 0 Å². The van der Waals surface area contributed by atoms with Crippen LogP contribution in [0, 0.1) is 5.82 Å². The Bertz CT molecular complexity index is 425. The molecular formula is C13H15FN2O. The van der Waals surface area contributed by atoms with Crippen molar-refractivity contribution < 1.29 is 9.18 Å². The quantitative estimate of drug-likeness (QED) is 0.782. The van der Waals surface area contributed by atoms with Crippen LogP contribution < -0.4 is 5.32 Å². The Kier molecular flexibility index (Phi) is 3.88. The van der Waals surface area contributed by atoms with Gasteiger partial charge in [0.15, 0.2) is 0 Å². The second-order valence-corrected chi connectivity index (χ2v) is 3.96. The number of piperazine rings is 1. The van der Waals surface area contributed by atoms with Gasteiger partial charge in [-0.2, -0.15) is 0 Å². The summed E-state index contributed by atoms with van der Waals surface area (Å²) in [5.74, 6) is -0.308. The van der Waals surface area contributed by atoms with Crippen LogP contribution in [0.15, 0.2) is 30.3 Å². The van der Waals surface area contributed by atoms with Crippen LogP contribution >= 0.6 is 0 Å². The van der Waals surface area contributed by atoms with Crippen LogP contribution in [0.25, 0.3) is 6.08 Å². The van der Waals surface area contributed by atoms with E-state index in [1.165, 1.54) is 18.2 Å². The first kappa shape index (κ1) is 11.8. The highest BCUT2D eigenvalue weighted by atomic mass is 19.1. The molecule has 0 radical (unpaired) electrons. The minimum Gasteiger partial charge on any atom is -0.337 e. The highest BCUT2D eigenvalue weighted by Gasteiger charge is 2.12. The molecule has 0 atom stereocenters. The fourth-order valence-electron chi connectivity index (χ4n) is 1.77. The first-order chi connectivity index (χ1) is 8.25. The normalized spacial score (nSPS) is 16.4. The van der Waals surface area contributed by atoms with Gasteiger partial charge in [-0.15, -0.1) is 0 Å². The van der Waals surface area contributed by atoms with E-state index in [0.717, 1.165) is 26.2 Å². The number of rotatable bonds is 2. The van der Waals surface area contributed by atoms with Crippen molar-refractivity contribution >= 4 is 12.0 Å². The number of hydrogen-bond donors (Lipinski definition) is 1. The average Bonchev–Trinajstić information content (AvgIpc) is 2.37. The number of amides is 1. The van der Waals surface area contributed by atoms with Crippen LogP contribution in [-0.4, -0.2) is 37.0 Å². The summed E-state index contributed by atoms with van der Waals surface area (Å²) in [6.07, 6.45) is 3.15. The predicted octanol–water partition coefficient (Wildman–Crippen LogP) is 1.27. The molecule has 4 heteroatoms. The molecule has 3 nitrogen and oxygen atoms in total. The van der Waals surface area contributed by atoms with Crippen molar-refractivity contribution in [3.05, 3.63) is 41.7 Å². The van der Waals surface area contributed by atoms with Gasteiger partial charge in [0.2, 0.25) is 5.91 Å². The van der Waals surface area contributed by atoms with E-state index in [1.54, 1.807) is 23.1 Å². The first-order valence-electron chi connectivity index (χ1n) is 5.69. The largest absolute Gasteiger partial charge is 0.337 e. The van der Waals surface area contributed by atoms with Gasteiger partial charge in [0.05, 0.1) is 0 Å². The maximum atomic E-state index is 12.9. The number of carbonyl (C=O) groups excluding carboxylic acids is 1. The lowest BCUT2D eigenvalue weighted by molar-refractivity contribution is -0.126. The maximum absolute atomic E-state index is 12.9. The van der Waals surface area contributed by atoms with Gasteiger partial charge in [0, 0.05) is 32.3 Å². The van der Waals surface area contributed by atoms with Crippen molar-refractivity contribution in [1.82, 2.24) is 10.2 Å². The summed E-state index contributed by atoms with van der Waals surface area (Å²) in [5.41, 5.74) is 0.702. The first-order valence-corrected chi connectivity index (χ1v) is 5.69. The molecule has 1 heterocycles. The van der Waals surface area contributed by atoms with Crippen LogP contribution in [0.5, 0.6) is 0 Å². The third-order valence-electron chi connectivity index (χ3n) is 2.70. The van der Waals surface area contributed by atoms with E-state index in [9.17, 15) is 9.18 Å². The molecule has 0 aromatic heterocycles. The Balaban J connectivity index is 1.97. The molecule has 2 rings (SSSR count). The molecule has 1 aromatic rings. The van der Waals surface area contributed by atoms with Crippen molar-refractivity contribution in [1.29, 1.82) is 0 Å². The second-order valence-electron chi connectivity index (χ2n) is 3.96. The van der Waals surface area contributed by atoms with Gasteiger partial charge in [-0.05, 0) is 23.8 Å². The molecule has 1 saturated heterocycles. The molecule has 0 unspecified atom stereocenters. The predicted molar refractivity (Wildman–Crippen MR) is 64.9 cm³/mol. The zero-order valence-corrected chi connectivity index (χ0v) is 9.53.